The molecule has 0 spiro atoms. The molecule has 0 saturated carbocycles. The average Bonchev–Trinajstić information content (AvgIpc) is 2.40. The highest BCUT2D eigenvalue weighted by Crippen LogP contribution is 2.06. The minimum absolute atomic E-state index is 0.0921. The van der Waals surface area contributed by atoms with Gasteiger partial charge in [0.05, 0.1) is 18.2 Å². The zero-order valence-electron chi connectivity index (χ0n) is 10.9. The van der Waals surface area contributed by atoms with Crippen molar-refractivity contribution in [1.82, 2.24) is 10.2 Å². The number of likely N-dealkylation sites (N-methyl/N-ethyl adjacent to an activating group) is 1. The van der Waals surface area contributed by atoms with Gasteiger partial charge in [-0.3, -0.25) is 4.79 Å². The van der Waals surface area contributed by atoms with Gasteiger partial charge >= 0.3 is 0 Å². The molecule has 1 amide bonds. The zero-order valence-corrected chi connectivity index (χ0v) is 10.9. The summed E-state index contributed by atoms with van der Waals surface area (Å²) in [5.41, 5.74) is 1.58. The van der Waals surface area contributed by atoms with Crippen LogP contribution in [0.25, 0.3) is 0 Å². The van der Waals surface area contributed by atoms with Crippen LogP contribution in [0.3, 0.4) is 0 Å². The predicted octanol–water partition coefficient (Wildman–Crippen LogP) is 1.52. The highest BCUT2D eigenvalue weighted by molar-refractivity contribution is 5.78. The molecule has 18 heavy (non-hydrogen) atoms. The fraction of sp³-hybridized carbons (Fsp3) is 0.429. The van der Waals surface area contributed by atoms with E-state index in [9.17, 15) is 4.79 Å². The fourth-order valence-corrected chi connectivity index (χ4v) is 1.78. The molecule has 1 aromatic rings. The molecular formula is C14H19N3O. The van der Waals surface area contributed by atoms with Gasteiger partial charge in [-0.1, -0.05) is 18.2 Å². The van der Waals surface area contributed by atoms with E-state index in [1.807, 2.05) is 32.0 Å². The molecule has 1 N–H and O–H groups in total. The topological polar surface area (TPSA) is 56.1 Å². The number of carbonyl (C=O) groups excluding carboxylic acids is 1. The molecule has 0 aliphatic rings. The first-order valence-electron chi connectivity index (χ1n) is 6.19. The monoisotopic (exact) mass is 245 g/mol. The second-order valence-corrected chi connectivity index (χ2v) is 3.94. The van der Waals surface area contributed by atoms with E-state index in [1.165, 1.54) is 0 Å². The number of hydrogen-bond acceptors (Lipinski definition) is 3. The van der Waals surface area contributed by atoms with Crippen molar-refractivity contribution in [2.24, 2.45) is 0 Å². The zero-order chi connectivity index (χ0) is 13.4. The number of amides is 1. The van der Waals surface area contributed by atoms with Crippen molar-refractivity contribution >= 4 is 5.91 Å². The summed E-state index contributed by atoms with van der Waals surface area (Å²) in [5, 5.41) is 12.0. The van der Waals surface area contributed by atoms with Gasteiger partial charge in [0.25, 0.3) is 0 Å². The fourth-order valence-electron chi connectivity index (χ4n) is 1.78. The largest absolute Gasteiger partial charge is 0.342 e. The Bertz CT molecular complexity index is 433. The van der Waals surface area contributed by atoms with Crippen LogP contribution in [0.4, 0.5) is 0 Å². The molecule has 0 aliphatic heterocycles. The van der Waals surface area contributed by atoms with Gasteiger partial charge < -0.3 is 10.2 Å². The van der Waals surface area contributed by atoms with Crippen LogP contribution in [0, 0.1) is 11.3 Å². The predicted molar refractivity (Wildman–Crippen MR) is 70.8 cm³/mol. The Balaban J connectivity index is 2.47. The van der Waals surface area contributed by atoms with E-state index in [1.54, 1.807) is 11.0 Å². The Morgan fingerprint density at radius 1 is 1.33 bits per heavy atom. The number of carbonyl (C=O) groups is 1. The summed E-state index contributed by atoms with van der Waals surface area (Å²) in [6.45, 7) is 6.23. The normalized spacial score (nSPS) is 9.83. The molecule has 0 fully saturated rings. The molecule has 4 nitrogen and oxygen atoms in total. The van der Waals surface area contributed by atoms with E-state index >= 15 is 0 Å². The van der Waals surface area contributed by atoms with Crippen LogP contribution in [0.15, 0.2) is 24.3 Å². The summed E-state index contributed by atoms with van der Waals surface area (Å²) in [4.78, 5) is 13.5. The molecule has 1 aromatic carbocycles. The van der Waals surface area contributed by atoms with Crippen molar-refractivity contribution < 1.29 is 4.79 Å². The van der Waals surface area contributed by atoms with E-state index in [2.05, 4.69) is 11.4 Å². The molecule has 0 bridgehead atoms. The molecule has 1 rings (SSSR count). The summed E-state index contributed by atoms with van der Waals surface area (Å²) in [5.74, 6) is 0.0921. The molecule has 0 heterocycles. The average molecular weight is 245 g/mol. The molecular weight excluding hydrogens is 226 g/mol. The van der Waals surface area contributed by atoms with E-state index in [0.29, 0.717) is 18.7 Å². The molecule has 0 unspecified atom stereocenters. The first-order valence-corrected chi connectivity index (χ1v) is 6.19. The maximum Gasteiger partial charge on any atom is 0.236 e. The second-order valence-electron chi connectivity index (χ2n) is 3.94. The van der Waals surface area contributed by atoms with Crippen molar-refractivity contribution in [2.75, 3.05) is 19.6 Å². The van der Waals surface area contributed by atoms with Gasteiger partial charge in [-0.15, -0.1) is 0 Å². The third-order valence-corrected chi connectivity index (χ3v) is 2.85. The second kappa shape index (κ2) is 7.46. The van der Waals surface area contributed by atoms with Crippen LogP contribution in [-0.4, -0.2) is 30.4 Å². The van der Waals surface area contributed by atoms with Gasteiger partial charge in [0.15, 0.2) is 0 Å². The summed E-state index contributed by atoms with van der Waals surface area (Å²) in [7, 11) is 0. The minimum atomic E-state index is 0.0921. The minimum Gasteiger partial charge on any atom is -0.342 e. The summed E-state index contributed by atoms with van der Waals surface area (Å²) >= 11 is 0. The molecule has 0 atom stereocenters. The van der Waals surface area contributed by atoms with Crippen molar-refractivity contribution in [1.29, 1.82) is 5.26 Å². The van der Waals surface area contributed by atoms with Gasteiger partial charge in [-0.25, -0.2) is 0 Å². The number of nitrogens with zero attached hydrogens (tertiary/aromatic N) is 2. The highest BCUT2D eigenvalue weighted by Gasteiger charge is 2.08. The van der Waals surface area contributed by atoms with Crippen molar-refractivity contribution in [3.8, 4) is 6.07 Å². The Morgan fingerprint density at radius 3 is 2.61 bits per heavy atom. The highest BCUT2D eigenvalue weighted by atomic mass is 16.2. The van der Waals surface area contributed by atoms with Crippen LogP contribution >= 0.6 is 0 Å². The Hall–Kier alpha value is -1.86. The maximum absolute atomic E-state index is 11.7. The summed E-state index contributed by atoms with van der Waals surface area (Å²) in [6.07, 6.45) is 0. The SMILES string of the molecule is CCN(CC)C(=O)CNCc1ccccc1C#N. The molecule has 96 valence electrons. The van der Waals surface area contributed by atoms with Crippen molar-refractivity contribution in [3.05, 3.63) is 35.4 Å². The number of nitriles is 1. The van der Waals surface area contributed by atoms with Gasteiger partial charge in [-0.2, -0.15) is 5.26 Å². The number of hydrogen-bond donors (Lipinski definition) is 1. The molecule has 0 saturated heterocycles. The lowest BCUT2D eigenvalue weighted by Gasteiger charge is -2.18. The first kappa shape index (κ1) is 14.2. The van der Waals surface area contributed by atoms with E-state index in [4.69, 9.17) is 5.26 Å². The Morgan fingerprint density at radius 2 is 2.00 bits per heavy atom. The standard InChI is InChI=1S/C14H19N3O/c1-3-17(4-2)14(18)11-16-10-13-8-6-5-7-12(13)9-15/h5-8,16H,3-4,10-11H2,1-2H3. The molecule has 0 aromatic heterocycles. The molecule has 4 heteroatoms. The number of nitrogens with one attached hydrogen (secondary N) is 1. The van der Waals surface area contributed by atoms with E-state index < -0.39 is 0 Å². The van der Waals surface area contributed by atoms with E-state index in [0.717, 1.165) is 18.7 Å². The Labute approximate surface area is 108 Å². The van der Waals surface area contributed by atoms with Crippen molar-refractivity contribution in [2.45, 2.75) is 20.4 Å². The molecule has 0 radical (unpaired) electrons. The third-order valence-electron chi connectivity index (χ3n) is 2.85. The van der Waals surface area contributed by atoms with Gasteiger partial charge in [0.2, 0.25) is 5.91 Å². The van der Waals surface area contributed by atoms with Crippen molar-refractivity contribution in [3.63, 3.8) is 0 Å². The van der Waals surface area contributed by atoms with Gasteiger partial charge in [-0.05, 0) is 25.5 Å². The lowest BCUT2D eigenvalue weighted by molar-refractivity contribution is -0.129. The van der Waals surface area contributed by atoms with Crippen LogP contribution in [0.1, 0.15) is 25.0 Å². The van der Waals surface area contributed by atoms with Gasteiger partial charge in [0, 0.05) is 19.6 Å². The van der Waals surface area contributed by atoms with Crippen LogP contribution in [0.5, 0.6) is 0 Å². The molecule has 0 aliphatic carbocycles. The van der Waals surface area contributed by atoms with Crippen LogP contribution in [-0.2, 0) is 11.3 Å². The smallest absolute Gasteiger partial charge is 0.236 e. The third kappa shape index (κ3) is 3.86. The van der Waals surface area contributed by atoms with Gasteiger partial charge in [0.1, 0.15) is 0 Å². The van der Waals surface area contributed by atoms with Crippen LogP contribution in [0.2, 0.25) is 0 Å². The Kier molecular flexibility index (Phi) is 5.89. The maximum atomic E-state index is 11.7. The van der Waals surface area contributed by atoms with Crippen LogP contribution < -0.4 is 5.32 Å². The summed E-state index contributed by atoms with van der Waals surface area (Å²) in [6, 6.07) is 9.55. The number of rotatable bonds is 6. The lowest BCUT2D eigenvalue weighted by atomic mass is 10.1. The quantitative estimate of drug-likeness (QED) is 0.826. The number of benzene rings is 1. The summed E-state index contributed by atoms with van der Waals surface area (Å²) < 4.78 is 0. The first-order chi connectivity index (χ1) is 8.72. The van der Waals surface area contributed by atoms with E-state index in [-0.39, 0.29) is 5.91 Å². The lowest BCUT2D eigenvalue weighted by Crippen LogP contribution is -2.37.